The zero-order chi connectivity index (χ0) is 24.2. The highest BCUT2D eigenvalue weighted by molar-refractivity contribution is 5.98. The van der Waals surface area contributed by atoms with E-state index in [2.05, 4.69) is 0 Å². The van der Waals surface area contributed by atoms with Gasteiger partial charge in [0.2, 0.25) is 0 Å². The number of imidazole rings is 1. The van der Waals surface area contributed by atoms with Crippen molar-refractivity contribution in [3.8, 4) is 0 Å². The van der Waals surface area contributed by atoms with Gasteiger partial charge in [0.15, 0.2) is 0 Å². The number of fused-ring (bicyclic) bond motifs is 1. The summed E-state index contributed by atoms with van der Waals surface area (Å²) in [5, 5.41) is 16.6. The van der Waals surface area contributed by atoms with Gasteiger partial charge >= 0.3 is 5.97 Å². The van der Waals surface area contributed by atoms with Gasteiger partial charge in [0.25, 0.3) is 5.91 Å². The van der Waals surface area contributed by atoms with Crippen LogP contribution in [0.4, 0.5) is 0 Å². The quantitative estimate of drug-likeness (QED) is 0.332. The first-order valence-corrected chi connectivity index (χ1v) is 11.7. The van der Waals surface area contributed by atoms with Crippen LogP contribution in [0, 0.1) is 5.41 Å². The predicted molar refractivity (Wildman–Crippen MR) is 131 cm³/mol. The number of amides is 1. The lowest BCUT2D eigenvalue weighted by Gasteiger charge is -2.28. The summed E-state index contributed by atoms with van der Waals surface area (Å²) in [6, 6.07) is 13.3. The summed E-state index contributed by atoms with van der Waals surface area (Å²) >= 11 is 0. The number of rotatable bonds is 9. The lowest BCUT2D eigenvalue weighted by atomic mass is 10.1. The number of nitrogens with two attached hydrogens (primary N) is 1. The summed E-state index contributed by atoms with van der Waals surface area (Å²) in [6.45, 7) is 0.229. The average Bonchev–Trinajstić information content (AvgIpc) is 3.46. The molecule has 0 unspecified atom stereocenters. The summed E-state index contributed by atoms with van der Waals surface area (Å²) in [5.41, 5.74) is 9.64. The molecular weight excluding hydrogens is 430 g/mol. The number of carboxylic acids is 1. The maximum Gasteiger partial charge on any atom is 0.305 e. The summed E-state index contributed by atoms with van der Waals surface area (Å²) in [7, 11) is 1.97. The number of nitrogens with one attached hydrogen (secondary N) is 1. The Morgan fingerprint density at radius 2 is 1.79 bits per heavy atom. The van der Waals surface area contributed by atoms with E-state index in [1.54, 1.807) is 4.90 Å². The summed E-state index contributed by atoms with van der Waals surface area (Å²) < 4.78 is 2.05. The molecule has 0 bridgehead atoms. The molecule has 1 aliphatic carbocycles. The minimum absolute atomic E-state index is 0.0500. The number of aromatic nitrogens is 2. The molecule has 3 aromatic rings. The predicted octanol–water partition coefficient (Wildman–Crippen LogP) is 3.50. The third kappa shape index (κ3) is 5.11. The van der Waals surface area contributed by atoms with Crippen LogP contribution in [0.2, 0.25) is 0 Å². The highest BCUT2D eigenvalue weighted by Gasteiger charge is 2.28. The van der Waals surface area contributed by atoms with Crippen molar-refractivity contribution >= 4 is 28.7 Å². The first-order valence-electron chi connectivity index (χ1n) is 11.7. The molecule has 1 aliphatic rings. The molecule has 1 heterocycles. The lowest BCUT2D eigenvalue weighted by Crippen LogP contribution is -2.40. The first-order chi connectivity index (χ1) is 16.3. The smallest absolute Gasteiger partial charge is 0.305 e. The van der Waals surface area contributed by atoms with Crippen molar-refractivity contribution in [2.24, 2.45) is 12.8 Å². The minimum Gasteiger partial charge on any atom is -0.481 e. The molecule has 1 aromatic heterocycles. The maximum absolute atomic E-state index is 13.3. The molecule has 2 aromatic carbocycles. The zero-order valence-corrected chi connectivity index (χ0v) is 19.5. The number of carboxylic acid groups (broad SMARTS) is 1. The molecule has 0 aliphatic heterocycles. The third-order valence-corrected chi connectivity index (χ3v) is 6.72. The molecule has 1 amide bonds. The van der Waals surface area contributed by atoms with E-state index >= 15 is 0 Å². The fourth-order valence-electron chi connectivity index (χ4n) is 4.76. The van der Waals surface area contributed by atoms with E-state index in [1.165, 1.54) is 0 Å². The van der Waals surface area contributed by atoms with Gasteiger partial charge in [0.05, 0.1) is 17.5 Å². The molecule has 0 saturated heterocycles. The number of hydrogen-bond acceptors (Lipinski definition) is 4. The Balaban J connectivity index is 1.52. The first kappa shape index (κ1) is 23.5. The normalized spacial score (nSPS) is 13.9. The van der Waals surface area contributed by atoms with E-state index in [1.807, 2.05) is 54.1 Å². The van der Waals surface area contributed by atoms with E-state index in [4.69, 9.17) is 21.2 Å². The van der Waals surface area contributed by atoms with Gasteiger partial charge in [-0.25, -0.2) is 4.98 Å². The number of nitrogens with zero attached hydrogens (tertiary/aromatic N) is 3. The SMILES string of the molecule is Cn1c(CCc2ccc(C(=N)N)cc2)nc2cc(C(=O)N(CCC(=O)O)C3CCCC3)ccc21. The second kappa shape index (κ2) is 10.1. The Labute approximate surface area is 198 Å². The van der Waals surface area contributed by atoms with Gasteiger partial charge in [-0.1, -0.05) is 37.1 Å². The number of amidine groups is 1. The van der Waals surface area contributed by atoms with Gasteiger partial charge < -0.3 is 20.3 Å². The molecule has 4 rings (SSSR count). The van der Waals surface area contributed by atoms with Crippen LogP contribution in [0.1, 0.15) is 59.4 Å². The van der Waals surface area contributed by atoms with Crippen molar-refractivity contribution in [3.05, 3.63) is 65.0 Å². The summed E-state index contributed by atoms with van der Waals surface area (Å²) in [4.78, 5) is 31.0. The lowest BCUT2D eigenvalue weighted by molar-refractivity contribution is -0.137. The van der Waals surface area contributed by atoms with Crippen molar-refractivity contribution in [2.75, 3.05) is 6.54 Å². The van der Waals surface area contributed by atoms with E-state index < -0.39 is 5.97 Å². The van der Waals surface area contributed by atoms with E-state index in [9.17, 15) is 9.59 Å². The number of aliphatic carboxylic acids is 1. The van der Waals surface area contributed by atoms with Gasteiger partial charge in [-0.15, -0.1) is 0 Å². The maximum atomic E-state index is 13.3. The van der Waals surface area contributed by atoms with Crippen LogP contribution in [-0.2, 0) is 24.7 Å². The highest BCUT2D eigenvalue weighted by Crippen LogP contribution is 2.26. The van der Waals surface area contributed by atoms with E-state index in [0.29, 0.717) is 11.1 Å². The second-order valence-electron chi connectivity index (χ2n) is 8.98. The van der Waals surface area contributed by atoms with Gasteiger partial charge in [-0.3, -0.25) is 15.0 Å². The molecule has 4 N–H and O–H groups in total. The van der Waals surface area contributed by atoms with Crippen molar-refractivity contribution in [1.29, 1.82) is 5.41 Å². The zero-order valence-electron chi connectivity index (χ0n) is 19.5. The largest absolute Gasteiger partial charge is 0.481 e. The number of aryl methyl sites for hydroxylation is 3. The number of carbonyl (C=O) groups excluding carboxylic acids is 1. The second-order valence-corrected chi connectivity index (χ2v) is 8.98. The molecule has 8 nitrogen and oxygen atoms in total. The van der Waals surface area contributed by atoms with Crippen molar-refractivity contribution in [2.45, 2.75) is 51.0 Å². The van der Waals surface area contributed by atoms with Crippen LogP contribution in [0.3, 0.4) is 0 Å². The molecule has 1 fully saturated rings. The summed E-state index contributed by atoms with van der Waals surface area (Å²) in [6.07, 6.45) is 5.48. The van der Waals surface area contributed by atoms with Crippen LogP contribution in [0.5, 0.6) is 0 Å². The Morgan fingerprint density at radius 3 is 2.44 bits per heavy atom. The Kier molecular flexibility index (Phi) is 6.95. The van der Waals surface area contributed by atoms with Gasteiger partial charge in [-0.2, -0.15) is 0 Å². The molecular formula is C26H31N5O3. The van der Waals surface area contributed by atoms with Crippen LogP contribution >= 0.6 is 0 Å². The Morgan fingerprint density at radius 1 is 1.12 bits per heavy atom. The van der Waals surface area contributed by atoms with Crippen LogP contribution < -0.4 is 5.73 Å². The van der Waals surface area contributed by atoms with E-state index in [-0.39, 0.29) is 30.8 Å². The average molecular weight is 462 g/mol. The van der Waals surface area contributed by atoms with Crippen molar-refractivity contribution < 1.29 is 14.7 Å². The highest BCUT2D eigenvalue weighted by atomic mass is 16.4. The minimum atomic E-state index is -0.892. The molecule has 0 spiro atoms. The molecule has 178 valence electrons. The van der Waals surface area contributed by atoms with Crippen molar-refractivity contribution in [3.63, 3.8) is 0 Å². The number of carbonyl (C=O) groups is 2. The molecule has 8 heteroatoms. The van der Waals surface area contributed by atoms with Gasteiger partial charge in [0, 0.05) is 37.2 Å². The number of hydrogen-bond donors (Lipinski definition) is 3. The monoisotopic (exact) mass is 461 g/mol. The fourth-order valence-corrected chi connectivity index (χ4v) is 4.76. The standard InChI is InChI=1S/C26H31N5O3/c1-30-22-12-11-19(26(34)31(15-14-24(32)33)20-4-2-3-5-20)16-21(22)29-23(30)13-8-17-6-9-18(10-7-17)25(27)28/h6-7,9-12,16,20H,2-5,8,13-15H2,1H3,(H3,27,28)(H,32,33). The van der Waals surface area contributed by atoms with Crippen LogP contribution in [0.15, 0.2) is 42.5 Å². The number of benzene rings is 2. The van der Waals surface area contributed by atoms with E-state index in [0.717, 1.165) is 60.9 Å². The van der Waals surface area contributed by atoms with Gasteiger partial charge in [-0.05, 0) is 43.0 Å². The van der Waals surface area contributed by atoms with Gasteiger partial charge in [0.1, 0.15) is 11.7 Å². The molecule has 0 atom stereocenters. The summed E-state index contributed by atoms with van der Waals surface area (Å²) in [5.74, 6) is -0.0279. The molecule has 1 saturated carbocycles. The van der Waals surface area contributed by atoms with Crippen LogP contribution in [0.25, 0.3) is 11.0 Å². The topological polar surface area (TPSA) is 125 Å². The van der Waals surface area contributed by atoms with Crippen molar-refractivity contribution in [1.82, 2.24) is 14.5 Å². The fraction of sp³-hybridized carbons (Fsp3) is 0.385. The third-order valence-electron chi connectivity index (χ3n) is 6.72. The van der Waals surface area contributed by atoms with Crippen LogP contribution in [-0.4, -0.2) is 49.9 Å². The Bertz CT molecular complexity index is 1210. The molecule has 0 radical (unpaired) electrons. The number of nitrogen functional groups attached to an aromatic ring is 1. The Hall–Kier alpha value is -3.68. The molecule has 34 heavy (non-hydrogen) atoms.